The number of carboxylic acid groups (broad SMARTS) is 1. The summed E-state index contributed by atoms with van der Waals surface area (Å²) < 4.78 is 24.3. The highest BCUT2D eigenvalue weighted by atomic mass is 19.1. The van der Waals surface area contributed by atoms with Crippen molar-refractivity contribution in [3.63, 3.8) is 0 Å². The van der Waals surface area contributed by atoms with E-state index in [0.29, 0.717) is 13.0 Å². The fourth-order valence-corrected chi connectivity index (χ4v) is 2.91. The first kappa shape index (κ1) is 16.5. The Hall–Kier alpha value is -2.40. The van der Waals surface area contributed by atoms with Crippen LogP contribution in [-0.2, 0) is 29.0 Å². The summed E-state index contributed by atoms with van der Waals surface area (Å²) in [5, 5.41) is 8.68. The smallest absolute Gasteiger partial charge is 0.329 e. The van der Waals surface area contributed by atoms with Gasteiger partial charge in [0.15, 0.2) is 0 Å². The van der Waals surface area contributed by atoms with Gasteiger partial charge in [-0.2, -0.15) is 0 Å². The number of hydrogen-bond donors (Lipinski definition) is 1. The molecule has 0 spiro atoms. The lowest BCUT2D eigenvalue weighted by atomic mass is 9.89. The topological polar surface area (TPSA) is 55.8 Å². The zero-order valence-electron chi connectivity index (χ0n) is 13.2. The van der Waals surface area contributed by atoms with Crippen LogP contribution in [0.3, 0.4) is 0 Å². The Morgan fingerprint density at radius 2 is 2.08 bits per heavy atom. The Morgan fingerprint density at radius 1 is 1.21 bits per heavy atom. The van der Waals surface area contributed by atoms with Gasteiger partial charge in [0, 0.05) is 0 Å². The van der Waals surface area contributed by atoms with Crippen LogP contribution in [0.5, 0.6) is 5.75 Å². The fraction of sp³-hybridized carbons (Fsp3) is 0.316. The summed E-state index contributed by atoms with van der Waals surface area (Å²) in [6.07, 6.45) is 2.30. The van der Waals surface area contributed by atoms with Gasteiger partial charge in [-0.05, 0) is 60.2 Å². The molecular weight excluding hydrogens is 311 g/mol. The van der Waals surface area contributed by atoms with E-state index in [9.17, 15) is 9.18 Å². The van der Waals surface area contributed by atoms with Gasteiger partial charge in [-0.1, -0.05) is 18.2 Å². The molecule has 1 aliphatic rings. The third kappa shape index (κ3) is 4.32. The molecule has 4 nitrogen and oxygen atoms in total. The minimum absolute atomic E-state index is 0.0485. The van der Waals surface area contributed by atoms with Crippen LogP contribution in [0.4, 0.5) is 4.39 Å². The molecule has 126 valence electrons. The van der Waals surface area contributed by atoms with E-state index in [-0.39, 0.29) is 18.5 Å². The lowest BCUT2D eigenvalue weighted by Crippen LogP contribution is -2.25. The van der Waals surface area contributed by atoms with Gasteiger partial charge in [-0.3, -0.25) is 0 Å². The van der Waals surface area contributed by atoms with Crippen LogP contribution in [0.2, 0.25) is 0 Å². The Bertz CT molecular complexity index is 729. The number of halogens is 1. The van der Waals surface area contributed by atoms with Gasteiger partial charge >= 0.3 is 5.97 Å². The Kier molecular flexibility index (Phi) is 5.11. The van der Waals surface area contributed by atoms with Crippen LogP contribution in [0.15, 0.2) is 42.5 Å². The molecule has 0 amide bonds. The number of aliphatic carboxylic acids is 1. The molecule has 0 aromatic heterocycles. The predicted molar refractivity (Wildman–Crippen MR) is 86.6 cm³/mol. The van der Waals surface area contributed by atoms with Crippen LogP contribution in [-0.4, -0.2) is 23.8 Å². The van der Waals surface area contributed by atoms with Crippen molar-refractivity contribution in [1.82, 2.24) is 0 Å². The lowest BCUT2D eigenvalue weighted by molar-refractivity contribution is -0.144. The maximum absolute atomic E-state index is 13.2. The van der Waals surface area contributed by atoms with Gasteiger partial charge in [-0.25, -0.2) is 9.18 Å². The Morgan fingerprint density at radius 3 is 2.88 bits per heavy atom. The van der Waals surface area contributed by atoms with Crippen LogP contribution >= 0.6 is 0 Å². The van der Waals surface area contributed by atoms with Gasteiger partial charge < -0.3 is 14.6 Å². The summed E-state index contributed by atoms with van der Waals surface area (Å²) in [5.74, 6) is -0.459. The second kappa shape index (κ2) is 7.45. The normalized spacial score (nSPS) is 16.5. The quantitative estimate of drug-likeness (QED) is 0.882. The van der Waals surface area contributed by atoms with E-state index < -0.39 is 5.97 Å². The predicted octanol–water partition coefficient (Wildman–Crippen LogP) is 3.36. The van der Waals surface area contributed by atoms with Crippen LogP contribution in [0, 0.1) is 5.82 Å². The molecule has 0 bridgehead atoms. The number of ether oxygens (including phenoxy) is 2. The first-order valence-electron chi connectivity index (χ1n) is 7.92. The molecule has 0 saturated heterocycles. The summed E-state index contributed by atoms with van der Waals surface area (Å²) in [7, 11) is 0. The molecule has 1 aliphatic carbocycles. The van der Waals surface area contributed by atoms with Crippen molar-refractivity contribution in [3.05, 3.63) is 65.0 Å². The standard InChI is InChI=1S/C19H19FO4/c20-16-3-1-2-13(8-16)11-23-17-6-4-15-10-18(24-12-19(21)22)7-5-14(15)9-17/h1-4,6,8-9,18H,5,7,10-12H2,(H,21,22). The van der Waals surface area contributed by atoms with E-state index in [1.807, 2.05) is 24.3 Å². The second-order valence-corrected chi connectivity index (χ2v) is 5.92. The summed E-state index contributed by atoms with van der Waals surface area (Å²) in [6, 6.07) is 12.2. The largest absolute Gasteiger partial charge is 0.489 e. The summed E-state index contributed by atoms with van der Waals surface area (Å²) >= 11 is 0. The van der Waals surface area contributed by atoms with E-state index in [1.54, 1.807) is 6.07 Å². The van der Waals surface area contributed by atoms with E-state index in [2.05, 4.69) is 0 Å². The van der Waals surface area contributed by atoms with Crippen molar-refractivity contribution in [2.24, 2.45) is 0 Å². The second-order valence-electron chi connectivity index (χ2n) is 5.92. The minimum Gasteiger partial charge on any atom is -0.489 e. The van der Waals surface area contributed by atoms with Crippen LogP contribution in [0.1, 0.15) is 23.1 Å². The summed E-state index contributed by atoms with van der Waals surface area (Å²) in [5.41, 5.74) is 3.14. The van der Waals surface area contributed by atoms with Gasteiger partial charge in [0.25, 0.3) is 0 Å². The maximum Gasteiger partial charge on any atom is 0.329 e. The van der Waals surface area contributed by atoms with Gasteiger partial charge in [-0.15, -0.1) is 0 Å². The van der Waals surface area contributed by atoms with Crippen molar-refractivity contribution >= 4 is 5.97 Å². The van der Waals surface area contributed by atoms with E-state index in [0.717, 1.165) is 29.7 Å². The number of carboxylic acids is 1. The molecule has 0 aliphatic heterocycles. The van der Waals surface area contributed by atoms with E-state index in [4.69, 9.17) is 14.6 Å². The van der Waals surface area contributed by atoms with E-state index >= 15 is 0 Å². The number of benzene rings is 2. The highest BCUT2D eigenvalue weighted by Crippen LogP contribution is 2.27. The molecule has 0 saturated carbocycles. The number of carbonyl (C=O) groups is 1. The molecule has 1 atom stereocenters. The average molecular weight is 330 g/mol. The fourth-order valence-electron chi connectivity index (χ4n) is 2.91. The molecule has 3 rings (SSSR count). The van der Waals surface area contributed by atoms with Gasteiger partial charge in [0.2, 0.25) is 0 Å². The van der Waals surface area contributed by atoms with Crippen LogP contribution < -0.4 is 4.74 Å². The summed E-state index contributed by atoms with van der Waals surface area (Å²) in [4.78, 5) is 10.6. The first-order valence-corrected chi connectivity index (χ1v) is 7.92. The highest BCUT2D eigenvalue weighted by Gasteiger charge is 2.20. The third-order valence-electron chi connectivity index (χ3n) is 4.10. The number of hydrogen-bond acceptors (Lipinski definition) is 3. The molecule has 1 N–H and O–H groups in total. The van der Waals surface area contributed by atoms with E-state index in [1.165, 1.54) is 17.7 Å². The molecule has 2 aromatic rings. The monoisotopic (exact) mass is 330 g/mol. The first-order chi connectivity index (χ1) is 11.6. The highest BCUT2D eigenvalue weighted by molar-refractivity contribution is 5.68. The van der Waals surface area contributed by atoms with Crippen LogP contribution in [0.25, 0.3) is 0 Å². The molecule has 1 unspecified atom stereocenters. The molecule has 0 heterocycles. The molecule has 0 radical (unpaired) electrons. The number of fused-ring (bicyclic) bond motifs is 1. The molecule has 0 fully saturated rings. The zero-order chi connectivity index (χ0) is 16.9. The maximum atomic E-state index is 13.2. The summed E-state index contributed by atoms with van der Waals surface area (Å²) in [6.45, 7) is 0.0652. The van der Waals surface area contributed by atoms with Crippen molar-refractivity contribution in [1.29, 1.82) is 0 Å². The third-order valence-corrected chi connectivity index (χ3v) is 4.10. The Labute approximate surface area is 139 Å². The zero-order valence-corrected chi connectivity index (χ0v) is 13.2. The van der Waals surface area contributed by atoms with Crippen molar-refractivity contribution in [2.75, 3.05) is 6.61 Å². The average Bonchev–Trinajstić information content (AvgIpc) is 2.58. The van der Waals surface area contributed by atoms with Crippen molar-refractivity contribution in [3.8, 4) is 5.75 Å². The Balaban J connectivity index is 1.60. The molecule has 2 aromatic carbocycles. The minimum atomic E-state index is -0.943. The number of aryl methyl sites for hydroxylation is 1. The molecule has 5 heteroatoms. The van der Waals surface area contributed by atoms with Gasteiger partial charge in [0.05, 0.1) is 6.10 Å². The number of rotatable bonds is 6. The molecular formula is C19H19FO4. The SMILES string of the molecule is O=C(O)COC1CCc2cc(OCc3cccc(F)c3)ccc2C1. The van der Waals surface area contributed by atoms with Crippen molar-refractivity contribution < 1.29 is 23.8 Å². The van der Waals surface area contributed by atoms with Gasteiger partial charge in [0.1, 0.15) is 24.8 Å². The lowest BCUT2D eigenvalue weighted by Gasteiger charge is -2.24. The van der Waals surface area contributed by atoms with Crippen molar-refractivity contribution in [2.45, 2.75) is 32.0 Å². The molecule has 24 heavy (non-hydrogen) atoms.